The molecule has 1 aromatic carbocycles. The van der Waals surface area contributed by atoms with Crippen molar-refractivity contribution in [2.45, 2.75) is 39.9 Å². The fraction of sp³-hybridized carbons (Fsp3) is 0.500. The van der Waals surface area contributed by atoms with Crippen LogP contribution in [0.15, 0.2) is 18.2 Å². The molecule has 0 fully saturated rings. The first-order valence-electron chi connectivity index (χ1n) is 6.33. The van der Waals surface area contributed by atoms with Crippen molar-refractivity contribution in [3.8, 4) is 0 Å². The fourth-order valence-electron chi connectivity index (χ4n) is 1.51. The van der Waals surface area contributed by atoms with Gasteiger partial charge in [-0.05, 0) is 30.2 Å². The lowest BCUT2D eigenvalue weighted by atomic mass is 9.89. The molecule has 0 spiro atoms. The average molecular weight is 288 g/mol. The third kappa shape index (κ3) is 3.96. The van der Waals surface area contributed by atoms with Gasteiger partial charge in [-0.2, -0.15) is 13.2 Å². The Morgan fingerprint density at radius 3 is 2.30 bits per heavy atom. The van der Waals surface area contributed by atoms with Gasteiger partial charge in [-0.25, -0.2) is 0 Å². The Morgan fingerprint density at radius 1 is 1.25 bits per heavy atom. The molecule has 1 aromatic rings. The number of hydrogen-bond donors (Lipinski definition) is 2. The molecule has 20 heavy (non-hydrogen) atoms. The number of carbonyl (C=O) groups excluding carboxylic acids is 1. The third-order valence-corrected chi connectivity index (χ3v) is 3.31. The highest BCUT2D eigenvalue weighted by Crippen LogP contribution is 2.32. The van der Waals surface area contributed by atoms with Crippen LogP contribution in [-0.2, 0) is 17.5 Å². The summed E-state index contributed by atoms with van der Waals surface area (Å²) in [4.78, 5) is 12.0. The molecule has 0 bridgehead atoms. The topological polar surface area (TPSA) is 55.1 Å². The van der Waals surface area contributed by atoms with Crippen LogP contribution in [0.2, 0.25) is 0 Å². The number of halogens is 3. The molecule has 0 heterocycles. The van der Waals surface area contributed by atoms with E-state index in [-0.39, 0.29) is 18.1 Å². The molecule has 1 amide bonds. The molecule has 0 atom stereocenters. The molecule has 3 N–H and O–H groups in total. The van der Waals surface area contributed by atoms with Crippen molar-refractivity contribution < 1.29 is 18.0 Å². The molecule has 0 aliphatic carbocycles. The monoisotopic (exact) mass is 288 g/mol. The maximum Gasteiger partial charge on any atom is 0.416 e. The predicted octanol–water partition coefficient (Wildman–Crippen LogP) is 3.54. The van der Waals surface area contributed by atoms with Crippen LogP contribution in [0.3, 0.4) is 0 Å². The normalized spacial score (nSPS) is 12.3. The van der Waals surface area contributed by atoms with Gasteiger partial charge >= 0.3 is 6.18 Å². The number of benzene rings is 1. The molecule has 3 nitrogen and oxygen atoms in total. The Bertz CT molecular complexity index is 496. The van der Waals surface area contributed by atoms with Crippen LogP contribution in [0.25, 0.3) is 0 Å². The average Bonchev–Trinajstić information content (AvgIpc) is 2.37. The third-order valence-electron chi connectivity index (χ3n) is 3.31. The number of rotatable bonds is 4. The van der Waals surface area contributed by atoms with E-state index in [4.69, 9.17) is 5.73 Å². The molecular weight excluding hydrogens is 269 g/mol. The van der Waals surface area contributed by atoms with Gasteiger partial charge in [-0.1, -0.05) is 20.8 Å². The number of alkyl halides is 3. The standard InChI is InChI=1S/C14H19F3N2O/c1-4-13(2,3)12(20)19-11-6-9(8-18)5-10(7-11)14(15,16)17/h5-7H,4,8,18H2,1-3H3,(H,19,20). The van der Waals surface area contributed by atoms with Gasteiger partial charge in [-0.15, -0.1) is 0 Å². The lowest BCUT2D eigenvalue weighted by Crippen LogP contribution is -2.30. The smallest absolute Gasteiger partial charge is 0.326 e. The van der Waals surface area contributed by atoms with E-state index in [2.05, 4.69) is 5.32 Å². The Balaban J connectivity index is 3.10. The zero-order valence-electron chi connectivity index (χ0n) is 11.8. The van der Waals surface area contributed by atoms with Crippen LogP contribution in [0.1, 0.15) is 38.3 Å². The first-order valence-corrected chi connectivity index (χ1v) is 6.33. The van der Waals surface area contributed by atoms with Gasteiger partial charge in [-0.3, -0.25) is 4.79 Å². The molecule has 0 aliphatic rings. The number of amides is 1. The number of nitrogens with two attached hydrogens (primary N) is 1. The van der Waals surface area contributed by atoms with E-state index in [1.54, 1.807) is 13.8 Å². The Hall–Kier alpha value is -1.56. The van der Waals surface area contributed by atoms with Gasteiger partial charge in [0.2, 0.25) is 5.91 Å². The van der Waals surface area contributed by atoms with Crippen molar-refractivity contribution in [3.63, 3.8) is 0 Å². The van der Waals surface area contributed by atoms with E-state index in [9.17, 15) is 18.0 Å². The molecule has 0 aliphatic heterocycles. The molecule has 0 saturated heterocycles. The minimum Gasteiger partial charge on any atom is -0.326 e. The van der Waals surface area contributed by atoms with Gasteiger partial charge < -0.3 is 11.1 Å². The summed E-state index contributed by atoms with van der Waals surface area (Å²) in [6.45, 7) is 5.29. The summed E-state index contributed by atoms with van der Waals surface area (Å²) in [6, 6.07) is 3.36. The summed E-state index contributed by atoms with van der Waals surface area (Å²) in [5.74, 6) is -0.317. The van der Waals surface area contributed by atoms with Crippen molar-refractivity contribution in [2.24, 2.45) is 11.1 Å². The number of anilines is 1. The Kier molecular flexibility index (Phi) is 4.81. The zero-order valence-corrected chi connectivity index (χ0v) is 11.8. The van der Waals surface area contributed by atoms with E-state index in [0.717, 1.165) is 12.1 Å². The van der Waals surface area contributed by atoms with Gasteiger partial charge in [0.1, 0.15) is 0 Å². The summed E-state index contributed by atoms with van der Waals surface area (Å²) in [5, 5.41) is 2.53. The van der Waals surface area contributed by atoms with E-state index in [0.29, 0.717) is 12.0 Å². The van der Waals surface area contributed by atoms with E-state index < -0.39 is 17.2 Å². The first-order chi connectivity index (χ1) is 9.10. The van der Waals surface area contributed by atoms with E-state index in [1.165, 1.54) is 6.07 Å². The van der Waals surface area contributed by atoms with Crippen LogP contribution in [0, 0.1) is 5.41 Å². The van der Waals surface area contributed by atoms with Gasteiger partial charge in [0.15, 0.2) is 0 Å². The summed E-state index contributed by atoms with van der Waals surface area (Å²) < 4.78 is 38.3. The summed E-state index contributed by atoms with van der Waals surface area (Å²) in [5.41, 5.74) is 4.38. The number of carbonyl (C=O) groups is 1. The van der Waals surface area contributed by atoms with Crippen molar-refractivity contribution >= 4 is 11.6 Å². The maximum absolute atomic E-state index is 12.8. The fourth-order valence-corrected chi connectivity index (χ4v) is 1.51. The second-order valence-electron chi connectivity index (χ2n) is 5.31. The van der Waals surface area contributed by atoms with Crippen molar-refractivity contribution in [3.05, 3.63) is 29.3 Å². The molecule has 0 aromatic heterocycles. The number of hydrogen-bond acceptors (Lipinski definition) is 2. The van der Waals surface area contributed by atoms with Crippen molar-refractivity contribution in [1.29, 1.82) is 0 Å². The lowest BCUT2D eigenvalue weighted by molar-refractivity contribution is -0.137. The molecule has 112 valence electrons. The minimum absolute atomic E-state index is 0.0238. The molecule has 1 rings (SSSR count). The summed E-state index contributed by atoms with van der Waals surface area (Å²) in [6.07, 6.45) is -3.88. The second kappa shape index (κ2) is 5.83. The Morgan fingerprint density at radius 2 is 1.85 bits per heavy atom. The van der Waals surface area contributed by atoms with Crippen LogP contribution < -0.4 is 11.1 Å². The van der Waals surface area contributed by atoms with Crippen molar-refractivity contribution in [2.75, 3.05) is 5.32 Å². The lowest BCUT2D eigenvalue weighted by Gasteiger charge is -2.22. The molecule has 0 unspecified atom stereocenters. The predicted molar refractivity (Wildman–Crippen MR) is 72.0 cm³/mol. The molecule has 0 radical (unpaired) electrons. The quantitative estimate of drug-likeness (QED) is 0.890. The van der Waals surface area contributed by atoms with E-state index >= 15 is 0 Å². The largest absolute Gasteiger partial charge is 0.416 e. The van der Waals surface area contributed by atoms with Crippen LogP contribution >= 0.6 is 0 Å². The first kappa shape index (κ1) is 16.5. The van der Waals surface area contributed by atoms with Crippen LogP contribution in [-0.4, -0.2) is 5.91 Å². The maximum atomic E-state index is 12.8. The second-order valence-corrected chi connectivity index (χ2v) is 5.31. The molecule has 6 heteroatoms. The van der Waals surface area contributed by atoms with Crippen LogP contribution in [0.5, 0.6) is 0 Å². The summed E-state index contributed by atoms with van der Waals surface area (Å²) in [7, 11) is 0. The molecular formula is C14H19F3N2O. The number of nitrogens with one attached hydrogen (secondary N) is 1. The van der Waals surface area contributed by atoms with Gasteiger partial charge in [0.25, 0.3) is 0 Å². The van der Waals surface area contributed by atoms with Gasteiger partial charge in [0, 0.05) is 17.6 Å². The zero-order chi connectivity index (χ0) is 15.6. The van der Waals surface area contributed by atoms with Gasteiger partial charge in [0.05, 0.1) is 5.56 Å². The summed E-state index contributed by atoms with van der Waals surface area (Å²) >= 11 is 0. The highest BCUT2D eigenvalue weighted by atomic mass is 19.4. The van der Waals surface area contributed by atoms with Crippen LogP contribution in [0.4, 0.5) is 18.9 Å². The highest BCUT2D eigenvalue weighted by Gasteiger charge is 2.32. The highest BCUT2D eigenvalue weighted by molar-refractivity contribution is 5.94. The minimum atomic E-state index is -4.47. The van der Waals surface area contributed by atoms with Crippen molar-refractivity contribution in [1.82, 2.24) is 0 Å². The molecule has 0 saturated carbocycles. The Labute approximate surface area is 116 Å². The van der Waals surface area contributed by atoms with E-state index in [1.807, 2.05) is 6.92 Å². The SMILES string of the molecule is CCC(C)(C)C(=O)Nc1cc(CN)cc(C(F)(F)F)c1.